The van der Waals surface area contributed by atoms with Crippen molar-refractivity contribution in [3.8, 4) is 0 Å². The van der Waals surface area contributed by atoms with Crippen molar-refractivity contribution in [1.29, 1.82) is 0 Å². The topological polar surface area (TPSA) is 69.6 Å². The fraction of sp³-hybridized carbons (Fsp3) is 0.857. The molecular weight excluding hydrogens is 244 g/mol. The molecule has 5 nitrogen and oxygen atoms in total. The van der Waals surface area contributed by atoms with E-state index in [0.717, 1.165) is 12.8 Å². The number of hydrogen-bond donors (Lipinski definition) is 2. The summed E-state index contributed by atoms with van der Waals surface area (Å²) in [6, 6.07) is 0.306. The van der Waals surface area contributed by atoms with Crippen LogP contribution < -0.4 is 5.32 Å². The second kappa shape index (κ2) is 8.91. The Morgan fingerprint density at radius 1 is 1.16 bits per heavy atom. The summed E-state index contributed by atoms with van der Waals surface area (Å²) in [5.41, 5.74) is 0. The third-order valence-corrected chi connectivity index (χ3v) is 3.59. The molecule has 0 spiro atoms. The van der Waals surface area contributed by atoms with Gasteiger partial charge in [0.05, 0.1) is 13.0 Å². The van der Waals surface area contributed by atoms with E-state index >= 15 is 0 Å². The SMILES string of the molecule is CN(CCC(=O)O)CC(=O)NC1CCCCCCC1. The third kappa shape index (κ3) is 7.82. The number of amides is 1. The highest BCUT2D eigenvalue weighted by atomic mass is 16.4. The molecule has 1 aliphatic carbocycles. The number of hydrogen-bond acceptors (Lipinski definition) is 3. The third-order valence-electron chi connectivity index (χ3n) is 3.59. The number of carbonyl (C=O) groups excluding carboxylic acids is 1. The van der Waals surface area contributed by atoms with Crippen LogP contribution in [0.1, 0.15) is 51.4 Å². The zero-order valence-corrected chi connectivity index (χ0v) is 11.9. The van der Waals surface area contributed by atoms with Gasteiger partial charge in [0, 0.05) is 12.6 Å². The Hall–Kier alpha value is -1.10. The van der Waals surface area contributed by atoms with Gasteiger partial charge in [0.15, 0.2) is 0 Å². The summed E-state index contributed by atoms with van der Waals surface area (Å²) in [7, 11) is 1.78. The molecule has 1 aliphatic rings. The maximum absolute atomic E-state index is 11.9. The van der Waals surface area contributed by atoms with Crippen molar-refractivity contribution in [3.05, 3.63) is 0 Å². The highest BCUT2D eigenvalue weighted by molar-refractivity contribution is 5.78. The average Bonchev–Trinajstić information content (AvgIpc) is 2.30. The second-order valence-corrected chi connectivity index (χ2v) is 5.49. The molecule has 0 heterocycles. The lowest BCUT2D eigenvalue weighted by Crippen LogP contribution is -2.41. The van der Waals surface area contributed by atoms with E-state index in [1.165, 1.54) is 32.1 Å². The Morgan fingerprint density at radius 2 is 1.74 bits per heavy atom. The van der Waals surface area contributed by atoms with E-state index in [-0.39, 0.29) is 18.9 Å². The molecule has 5 heteroatoms. The zero-order valence-electron chi connectivity index (χ0n) is 11.9. The lowest BCUT2D eigenvalue weighted by Gasteiger charge is -2.22. The van der Waals surface area contributed by atoms with Gasteiger partial charge in [0.1, 0.15) is 0 Å². The van der Waals surface area contributed by atoms with Crippen LogP contribution in [-0.4, -0.2) is 48.1 Å². The molecule has 0 radical (unpaired) electrons. The summed E-state index contributed by atoms with van der Waals surface area (Å²) in [6.45, 7) is 0.692. The van der Waals surface area contributed by atoms with Gasteiger partial charge in [-0.15, -0.1) is 0 Å². The molecule has 0 aromatic heterocycles. The number of likely N-dealkylation sites (N-methyl/N-ethyl adjacent to an activating group) is 1. The molecule has 2 N–H and O–H groups in total. The molecule has 0 aliphatic heterocycles. The van der Waals surface area contributed by atoms with E-state index in [1.54, 1.807) is 11.9 Å². The Kier molecular flexibility index (Phi) is 7.48. The number of carboxylic acid groups (broad SMARTS) is 1. The fourth-order valence-electron chi connectivity index (χ4n) is 2.48. The minimum Gasteiger partial charge on any atom is -0.481 e. The summed E-state index contributed by atoms with van der Waals surface area (Å²) in [5, 5.41) is 11.7. The predicted molar refractivity (Wildman–Crippen MR) is 74.0 cm³/mol. The van der Waals surface area contributed by atoms with E-state index in [0.29, 0.717) is 12.6 Å². The van der Waals surface area contributed by atoms with E-state index in [4.69, 9.17) is 5.11 Å². The lowest BCUT2D eigenvalue weighted by atomic mass is 9.97. The van der Waals surface area contributed by atoms with E-state index in [2.05, 4.69) is 5.32 Å². The highest BCUT2D eigenvalue weighted by Crippen LogP contribution is 2.16. The maximum atomic E-state index is 11.9. The number of rotatable bonds is 6. The first-order chi connectivity index (χ1) is 9.08. The van der Waals surface area contributed by atoms with Crippen molar-refractivity contribution < 1.29 is 14.7 Å². The quantitative estimate of drug-likeness (QED) is 0.769. The lowest BCUT2D eigenvalue weighted by molar-refractivity contribution is -0.137. The van der Waals surface area contributed by atoms with Gasteiger partial charge in [-0.1, -0.05) is 32.1 Å². The van der Waals surface area contributed by atoms with E-state index in [1.807, 2.05) is 0 Å². The molecule has 1 fully saturated rings. The van der Waals surface area contributed by atoms with Gasteiger partial charge < -0.3 is 10.4 Å². The van der Waals surface area contributed by atoms with Crippen molar-refractivity contribution in [3.63, 3.8) is 0 Å². The van der Waals surface area contributed by atoms with Gasteiger partial charge in [-0.25, -0.2) is 0 Å². The van der Waals surface area contributed by atoms with Gasteiger partial charge in [-0.2, -0.15) is 0 Å². The fourth-order valence-corrected chi connectivity index (χ4v) is 2.48. The molecule has 0 saturated heterocycles. The average molecular weight is 270 g/mol. The summed E-state index contributed by atoms with van der Waals surface area (Å²) >= 11 is 0. The molecular formula is C14H26N2O3. The molecule has 1 saturated carbocycles. The summed E-state index contributed by atoms with van der Waals surface area (Å²) in [5.74, 6) is -0.814. The second-order valence-electron chi connectivity index (χ2n) is 5.49. The summed E-state index contributed by atoms with van der Waals surface area (Å²) in [4.78, 5) is 24.1. The Bertz CT molecular complexity index is 286. The monoisotopic (exact) mass is 270 g/mol. The van der Waals surface area contributed by atoms with Crippen LogP contribution in [0.3, 0.4) is 0 Å². The van der Waals surface area contributed by atoms with Gasteiger partial charge in [-0.05, 0) is 19.9 Å². The predicted octanol–water partition coefficient (Wildman–Crippen LogP) is 1.62. The maximum Gasteiger partial charge on any atom is 0.304 e. The largest absolute Gasteiger partial charge is 0.481 e. The molecule has 110 valence electrons. The standard InChI is InChI=1S/C14H26N2O3/c1-16(10-9-14(18)19)11-13(17)15-12-7-5-3-2-4-6-8-12/h12H,2-11H2,1H3,(H,15,17)(H,18,19). The molecule has 19 heavy (non-hydrogen) atoms. The molecule has 1 amide bonds. The minimum absolute atomic E-state index is 0.0125. The first-order valence-corrected chi connectivity index (χ1v) is 7.27. The normalized spacial score (nSPS) is 17.8. The van der Waals surface area contributed by atoms with Crippen molar-refractivity contribution in [1.82, 2.24) is 10.2 Å². The number of carboxylic acids is 1. The van der Waals surface area contributed by atoms with Crippen LogP contribution >= 0.6 is 0 Å². The molecule has 0 unspecified atom stereocenters. The molecule has 0 bridgehead atoms. The number of nitrogens with zero attached hydrogens (tertiary/aromatic N) is 1. The first-order valence-electron chi connectivity index (χ1n) is 7.27. The van der Waals surface area contributed by atoms with Gasteiger partial charge in [0.2, 0.25) is 5.91 Å². The number of nitrogens with one attached hydrogen (secondary N) is 1. The van der Waals surface area contributed by atoms with Crippen LogP contribution in [-0.2, 0) is 9.59 Å². The Morgan fingerprint density at radius 3 is 2.32 bits per heavy atom. The first kappa shape index (κ1) is 16.0. The van der Waals surface area contributed by atoms with Crippen molar-refractivity contribution in [2.45, 2.75) is 57.4 Å². The molecule has 1 rings (SSSR count). The van der Waals surface area contributed by atoms with Crippen molar-refractivity contribution in [2.24, 2.45) is 0 Å². The number of aliphatic carboxylic acids is 1. The van der Waals surface area contributed by atoms with Crippen LogP contribution in [0.15, 0.2) is 0 Å². The zero-order chi connectivity index (χ0) is 14.1. The van der Waals surface area contributed by atoms with Gasteiger partial charge in [-0.3, -0.25) is 14.5 Å². The molecule has 0 aromatic rings. The van der Waals surface area contributed by atoms with E-state index < -0.39 is 5.97 Å². The van der Waals surface area contributed by atoms with Crippen LogP contribution in [0.25, 0.3) is 0 Å². The Balaban J connectivity index is 2.22. The van der Waals surface area contributed by atoms with Crippen LogP contribution in [0.2, 0.25) is 0 Å². The van der Waals surface area contributed by atoms with Gasteiger partial charge >= 0.3 is 5.97 Å². The van der Waals surface area contributed by atoms with Crippen LogP contribution in [0, 0.1) is 0 Å². The van der Waals surface area contributed by atoms with E-state index in [9.17, 15) is 9.59 Å². The van der Waals surface area contributed by atoms with Crippen molar-refractivity contribution in [2.75, 3.05) is 20.1 Å². The molecule has 0 aromatic carbocycles. The van der Waals surface area contributed by atoms with Gasteiger partial charge in [0.25, 0.3) is 0 Å². The highest BCUT2D eigenvalue weighted by Gasteiger charge is 2.15. The summed E-state index contributed by atoms with van der Waals surface area (Å²) < 4.78 is 0. The van der Waals surface area contributed by atoms with Crippen LogP contribution in [0.4, 0.5) is 0 Å². The Labute approximate surface area is 115 Å². The van der Waals surface area contributed by atoms with Crippen LogP contribution in [0.5, 0.6) is 0 Å². The smallest absolute Gasteiger partial charge is 0.304 e. The molecule has 0 atom stereocenters. The summed E-state index contributed by atoms with van der Waals surface area (Å²) in [6.07, 6.45) is 8.47. The number of carbonyl (C=O) groups is 2. The minimum atomic E-state index is -0.827. The van der Waals surface area contributed by atoms with Crippen molar-refractivity contribution >= 4 is 11.9 Å².